The van der Waals surface area contributed by atoms with Crippen molar-refractivity contribution in [3.63, 3.8) is 0 Å². The van der Waals surface area contributed by atoms with Crippen molar-refractivity contribution in [3.8, 4) is 0 Å². The zero-order valence-electron chi connectivity index (χ0n) is 10.1. The van der Waals surface area contributed by atoms with Crippen LogP contribution < -0.4 is 11.0 Å². The Morgan fingerprint density at radius 3 is 2.89 bits per heavy atom. The van der Waals surface area contributed by atoms with E-state index < -0.39 is 0 Å². The average Bonchev–Trinajstić information content (AvgIpc) is 2.73. The summed E-state index contributed by atoms with van der Waals surface area (Å²) < 4.78 is 4.52. The van der Waals surface area contributed by atoms with Gasteiger partial charge in [-0.05, 0) is 30.7 Å². The fraction of sp³-hybridized carbons (Fsp3) is 0.333. The van der Waals surface area contributed by atoms with Crippen molar-refractivity contribution in [1.82, 2.24) is 15.3 Å². The van der Waals surface area contributed by atoms with Crippen LogP contribution in [0.3, 0.4) is 0 Å². The number of benzene rings is 1. The molecular formula is C12H15N3O3. The lowest BCUT2D eigenvalue weighted by Gasteiger charge is -2.03. The van der Waals surface area contributed by atoms with Crippen LogP contribution in [0.15, 0.2) is 23.0 Å². The number of rotatable bonds is 5. The predicted octanol–water partition coefficient (Wildman–Crippen LogP) is 0.161. The van der Waals surface area contributed by atoms with Crippen molar-refractivity contribution >= 4 is 17.0 Å². The van der Waals surface area contributed by atoms with Crippen molar-refractivity contribution in [3.05, 3.63) is 34.2 Å². The molecule has 0 atom stereocenters. The lowest BCUT2D eigenvalue weighted by molar-refractivity contribution is -0.139. The molecule has 0 saturated carbocycles. The van der Waals surface area contributed by atoms with Gasteiger partial charge in [0.15, 0.2) is 0 Å². The largest absolute Gasteiger partial charge is 0.468 e. The SMILES string of the molecule is COC(=O)CNCCc1ccc2[nH]c(=O)[nH]c2c1. The summed E-state index contributed by atoms with van der Waals surface area (Å²) in [5.74, 6) is -0.277. The molecule has 2 aromatic rings. The number of hydrogen-bond donors (Lipinski definition) is 3. The molecule has 0 fully saturated rings. The normalized spacial score (nSPS) is 10.7. The summed E-state index contributed by atoms with van der Waals surface area (Å²) in [5, 5.41) is 2.98. The zero-order chi connectivity index (χ0) is 13.0. The van der Waals surface area contributed by atoms with Crippen LogP contribution in [0.25, 0.3) is 11.0 Å². The van der Waals surface area contributed by atoms with E-state index in [-0.39, 0.29) is 18.2 Å². The summed E-state index contributed by atoms with van der Waals surface area (Å²) in [6, 6.07) is 5.74. The van der Waals surface area contributed by atoms with Gasteiger partial charge in [0.1, 0.15) is 0 Å². The van der Waals surface area contributed by atoms with Crippen LogP contribution in [0.1, 0.15) is 5.56 Å². The minimum atomic E-state index is -0.277. The Hall–Kier alpha value is -2.08. The van der Waals surface area contributed by atoms with E-state index in [0.29, 0.717) is 6.54 Å². The van der Waals surface area contributed by atoms with Gasteiger partial charge < -0.3 is 20.0 Å². The number of carbonyl (C=O) groups is 1. The number of hydrogen-bond acceptors (Lipinski definition) is 4. The average molecular weight is 249 g/mol. The lowest BCUT2D eigenvalue weighted by Crippen LogP contribution is -2.25. The topological polar surface area (TPSA) is 87.0 Å². The standard InChI is InChI=1S/C12H15N3O3/c1-18-11(16)7-13-5-4-8-2-3-9-10(6-8)15-12(17)14-9/h2-3,6,13H,4-5,7H2,1H3,(H2,14,15,17). The number of H-pyrrole nitrogens is 2. The highest BCUT2D eigenvalue weighted by Crippen LogP contribution is 2.10. The van der Waals surface area contributed by atoms with E-state index in [1.54, 1.807) is 0 Å². The van der Waals surface area contributed by atoms with E-state index in [4.69, 9.17) is 0 Å². The fourth-order valence-electron chi connectivity index (χ4n) is 1.73. The monoisotopic (exact) mass is 249 g/mol. The number of imidazole rings is 1. The first kappa shape index (κ1) is 12.4. The van der Waals surface area contributed by atoms with E-state index in [2.05, 4.69) is 20.0 Å². The van der Waals surface area contributed by atoms with E-state index in [0.717, 1.165) is 23.0 Å². The molecule has 96 valence electrons. The van der Waals surface area contributed by atoms with Gasteiger partial charge in [0.25, 0.3) is 0 Å². The Kier molecular flexibility index (Phi) is 3.78. The van der Waals surface area contributed by atoms with Crippen LogP contribution in [0.2, 0.25) is 0 Å². The molecule has 2 rings (SSSR count). The first-order valence-electron chi connectivity index (χ1n) is 5.67. The molecule has 0 amide bonds. The van der Waals surface area contributed by atoms with Crippen molar-refractivity contribution in [2.75, 3.05) is 20.2 Å². The molecule has 0 spiro atoms. The molecule has 0 aliphatic rings. The summed E-state index contributed by atoms with van der Waals surface area (Å²) in [5.41, 5.74) is 2.48. The number of esters is 1. The van der Waals surface area contributed by atoms with Gasteiger partial charge in [-0.15, -0.1) is 0 Å². The van der Waals surface area contributed by atoms with Gasteiger partial charge in [-0.2, -0.15) is 0 Å². The number of fused-ring (bicyclic) bond motifs is 1. The maximum Gasteiger partial charge on any atom is 0.323 e. The van der Waals surface area contributed by atoms with Crippen LogP contribution in [0, 0.1) is 0 Å². The second-order valence-corrected chi connectivity index (χ2v) is 3.96. The molecule has 0 aliphatic heterocycles. The second kappa shape index (κ2) is 5.50. The minimum absolute atomic E-state index is 0.203. The van der Waals surface area contributed by atoms with Crippen molar-refractivity contribution < 1.29 is 9.53 Å². The maximum atomic E-state index is 11.1. The Morgan fingerprint density at radius 1 is 1.33 bits per heavy atom. The minimum Gasteiger partial charge on any atom is -0.468 e. The molecule has 1 aromatic heterocycles. The summed E-state index contributed by atoms with van der Waals surface area (Å²) >= 11 is 0. The van der Waals surface area contributed by atoms with E-state index in [9.17, 15) is 9.59 Å². The third kappa shape index (κ3) is 2.98. The summed E-state index contributed by atoms with van der Waals surface area (Å²) in [4.78, 5) is 27.4. The van der Waals surface area contributed by atoms with Gasteiger partial charge in [-0.25, -0.2) is 4.79 Å². The van der Waals surface area contributed by atoms with Crippen molar-refractivity contribution in [2.24, 2.45) is 0 Å². The number of nitrogens with one attached hydrogen (secondary N) is 3. The predicted molar refractivity (Wildman–Crippen MR) is 67.5 cm³/mol. The molecule has 0 radical (unpaired) electrons. The Bertz CT molecular complexity index is 600. The van der Waals surface area contributed by atoms with Crippen LogP contribution in [0.4, 0.5) is 0 Å². The number of aromatic amines is 2. The molecule has 6 heteroatoms. The maximum absolute atomic E-state index is 11.1. The number of ether oxygens (including phenoxy) is 1. The van der Waals surface area contributed by atoms with Crippen LogP contribution in [0.5, 0.6) is 0 Å². The Labute approximate surface area is 103 Å². The van der Waals surface area contributed by atoms with Crippen LogP contribution >= 0.6 is 0 Å². The van der Waals surface area contributed by atoms with Crippen LogP contribution in [-0.2, 0) is 16.0 Å². The lowest BCUT2D eigenvalue weighted by atomic mass is 10.1. The highest BCUT2D eigenvalue weighted by atomic mass is 16.5. The van der Waals surface area contributed by atoms with Gasteiger partial charge in [-0.3, -0.25) is 4.79 Å². The molecule has 1 aromatic carbocycles. The van der Waals surface area contributed by atoms with E-state index in [1.165, 1.54) is 7.11 Å². The van der Waals surface area contributed by atoms with Gasteiger partial charge >= 0.3 is 11.7 Å². The summed E-state index contributed by atoms with van der Waals surface area (Å²) in [6.45, 7) is 0.884. The molecule has 18 heavy (non-hydrogen) atoms. The highest BCUT2D eigenvalue weighted by Gasteiger charge is 2.01. The quantitative estimate of drug-likeness (QED) is 0.520. The van der Waals surface area contributed by atoms with Crippen molar-refractivity contribution in [1.29, 1.82) is 0 Å². The van der Waals surface area contributed by atoms with Crippen LogP contribution in [-0.4, -0.2) is 36.1 Å². The van der Waals surface area contributed by atoms with Gasteiger partial charge in [0.2, 0.25) is 0 Å². The molecule has 0 aliphatic carbocycles. The third-order valence-corrected chi connectivity index (χ3v) is 2.67. The molecule has 6 nitrogen and oxygen atoms in total. The van der Waals surface area contributed by atoms with Gasteiger partial charge in [0, 0.05) is 0 Å². The molecule has 3 N–H and O–H groups in total. The number of methoxy groups -OCH3 is 1. The third-order valence-electron chi connectivity index (χ3n) is 2.67. The summed E-state index contributed by atoms with van der Waals surface area (Å²) in [6.07, 6.45) is 0.778. The Morgan fingerprint density at radius 2 is 2.11 bits per heavy atom. The number of carbonyl (C=O) groups excluding carboxylic acids is 1. The smallest absolute Gasteiger partial charge is 0.323 e. The molecular weight excluding hydrogens is 234 g/mol. The molecule has 0 unspecified atom stereocenters. The Balaban J connectivity index is 1.91. The van der Waals surface area contributed by atoms with Gasteiger partial charge in [0.05, 0.1) is 24.7 Å². The second-order valence-electron chi connectivity index (χ2n) is 3.96. The molecule has 0 saturated heterocycles. The molecule has 0 bridgehead atoms. The molecule has 1 heterocycles. The van der Waals surface area contributed by atoms with E-state index in [1.807, 2.05) is 18.2 Å². The summed E-state index contributed by atoms with van der Waals surface area (Å²) in [7, 11) is 1.36. The first-order chi connectivity index (χ1) is 8.69. The number of aromatic nitrogens is 2. The first-order valence-corrected chi connectivity index (χ1v) is 5.67. The fourth-order valence-corrected chi connectivity index (χ4v) is 1.73. The van der Waals surface area contributed by atoms with Gasteiger partial charge in [-0.1, -0.05) is 6.07 Å². The van der Waals surface area contributed by atoms with E-state index >= 15 is 0 Å². The zero-order valence-corrected chi connectivity index (χ0v) is 10.1. The van der Waals surface area contributed by atoms with Crippen molar-refractivity contribution in [2.45, 2.75) is 6.42 Å². The highest BCUT2D eigenvalue weighted by molar-refractivity contribution is 5.75.